The monoisotopic (exact) mass is 201 g/mol. The minimum atomic E-state index is -0.320. The third kappa shape index (κ3) is 1.67. The van der Waals surface area contributed by atoms with Crippen LogP contribution in [0.1, 0.15) is 5.56 Å². The van der Waals surface area contributed by atoms with Gasteiger partial charge in [-0.1, -0.05) is 12.1 Å². The lowest BCUT2D eigenvalue weighted by Crippen LogP contribution is -1.86. The summed E-state index contributed by atoms with van der Waals surface area (Å²) in [6, 6.07) is 9.65. The Bertz CT molecular complexity index is 537. The van der Waals surface area contributed by atoms with E-state index in [2.05, 4.69) is 4.98 Å². The van der Waals surface area contributed by atoms with Crippen molar-refractivity contribution in [3.05, 3.63) is 41.7 Å². The maximum atomic E-state index is 12.9. The second kappa shape index (κ2) is 3.46. The van der Waals surface area contributed by atoms with Crippen molar-refractivity contribution in [1.82, 2.24) is 4.98 Å². The summed E-state index contributed by atoms with van der Waals surface area (Å²) in [6.45, 7) is 0. The van der Waals surface area contributed by atoms with Crippen LogP contribution in [-0.4, -0.2) is 4.98 Å². The molecule has 74 valence electrons. The van der Waals surface area contributed by atoms with Gasteiger partial charge in [-0.05, 0) is 18.2 Å². The molecule has 0 aliphatic heterocycles. The first-order chi connectivity index (χ1) is 7.20. The molecule has 15 heavy (non-hydrogen) atoms. The van der Waals surface area contributed by atoms with Gasteiger partial charge in [0.2, 0.25) is 0 Å². The number of nitrogen functional groups attached to an aromatic ring is 1. The minimum absolute atomic E-state index is 0.303. The van der Waals surface area contributed by atoms with E-state index >= 15 is 0 Å². The van der Waals surface area contributed by atoms with Crippen LogP contribution in [0.3, 0.4) is 0 Å². The Labute approximate surface area is 86.0 Å². The lowest BCUT2D eigenvalue weighted by atomic mass is 10.1. The van der Waals surface area contributed by atoms with Crippen molar-refractivity contribution < 1.29 is 4.39 Å². The Balaban J connectivity index is 2.51. The number of nitrogens with zero attached hydrogens (tertiary/aromatic N) is 1. The normalized spacial score (nSPS) is 9.87. The first-order valence-electron chi connectivity index (χ1n) is 4.35. The van der Waals surface area contributed by atoms with Crippen LogP contribution in [0.25, 0.3) is 11.3 Å². The highest BCUT2D eigenvalue weighted by molar-refractivity contribution is 5.67. The number of aromatic amines is 1. The Hall–Kier alpha value is -2.28. The summed E-state index contributed by atoms with van der Waals surface area (Å²) in [7, 11) is 0. The Morgan fingerprint density at radius 1 is 1.33 bits per heavy atom. The van der Waals surface area contributed by atoms with Crippen LogP contribution < -0.4 is 5.73 Å². The average Bonchev–Trinajstić information content (AvgIpc) is 2.60. The van der Waals surface area contributed by atoms with Crippen LogP contribution in [0, 0.1) is 17.1 Å². The number of nitrogens with two attached hydrogens (primary N) is 1. The highest BCUT2D eigenvalue weighted by atomic mass is 19.1. The van der Waals surface area contributed by atoms with E-state index < -0.39 is 0 Å². The molecule has 3 nitrogen and oxygen atoms in total. The second-order valence-corrected chi connectivity index (χ2v) is 3.13. The fourth-order valence-corrected chi connectivity index (χ4v) is 1.37. The molecule has 0 amide bonds. The average molecular weight is 201 g/mol. The van der Waals surface area contributed by atoms with Crippen LogP contribution in [0.5, 0.6) is 0 Å². The van der Waals surface area contributed by atoms with Crippen molar-refractivity contribution in [2.45, 2.75) is 0 Å². The smallest absolute Gasteiger partial charge is 0.123 e. The standard InChI is InChI=1S/C11H8FN3/c12-9-3-1-2-7(4-9)10-5-8(6-13)11(14)15-10/h1-5,15H,14H2. The third-order valence-corrected chi connectivity index (χ3v) is 2.10. The van der Waals surface area contributed by atoms with E-state index in [1.165, 1.54) is 12.1 Å². The Morgan fingerprint density at radius 2 is 2.13 bits per heavy atom. The van der Waals surface area contributed by atoms with Crippen LogP contribution in [0.15, 0.2) is 30.3 Å². The van der Waals surface area contributed by atoms with Gasteiger partial charge < -0.3 is 10.7 Å². The van der Waals surface area contributed by atoms with Gasteiger partial charge in [0, 0.05) is 11.3 Å². The summed E-state index contributed by atoms with van der Waals surface area (Å²) >= 11 is 0. The molecular formula is C11H8FN3. The van der Waals surface area contributed by atoms with Crippen LogP contribution >= 0.6 is 0 Å². The number of hydrogen-bond donors (Lipinski definition) is 2. The van der Waals surface area contributed by atoms with Gasteiger partial charge in [0.25, 0.3) is 0 Å². The molecule has 0 atom stereocenters. The minimum Gasteiger partial charge on any atom is -0.384 e. The molecular weight excluding hydrogens is 193 g/mol. The number of aromatic nitrogens is 1. The van der Waals surface area contributed by atoms with Gasteiger partial charge in [-0.2, -0.15) is 5.26 Å². The molecule has 0 aliphatic rings. The molecule has 0 aliphatic carbocycles. The fourth-order valence-electron chi connectivity index (χ4n) is 1.37. The lowest BCUT2D eigenvalue weighted by molar-refractivity contribution is 0.628. The van der Waals surface area contributed by atoms with E-state index in [4.69, 9.17) is 11.0 Å². The maximum Gasteiger partial charge on any atom is 0.123 e. The van der Waals surface area contributed by atoms with Gasteiger partial charge in [-0.25, -0.2) is 4.39 Å². The summed E-state index contributed by atoms with van der Waals surface area (Å²) in [5.74, 6) is -0.0176. The molecule has 2 rings (SSSR count). The summed E-state index contributed by atoms with van der Waals surface area (Å²) < 4.78 is 12.9. The van der Waals surface area contributed by atoms with Gasteiger partial charge in [0.05, 0.1) is 5.56 Å². The first-order valence-corrected chi connectivity index (χ1v) is 4.35. The summed E-state index contributed by atoms with van der Waals surface area (Å²) in [6.07, 6.45) is 0. The lowest BCUT2D eigenvalue weighted by Gasteiger charge is -1.96. The number of nitrogens with one attached hydrogen (secondary N) is 1. The molecule has 1 aromatic heterocycles. The highest BCUT2D eigenvalue weighted by Crippen LogP contribution is 2.23. The van der Waals surface area contributed by atoms with Crippen molar-refractivity contribution >= 4 is 5.82 Å². The molecule has 0 radical (unpaired) electrons. The predicted octanol–water partition coefficient (Wildman–Crippen LogP) is 2.27. The number of hydrogen-bond acceptors (Lipinski definition) is 2. The molecule has 3 N–H and O–H groups in total. The van der Waals surface area contributed by atoms with E-state index in [1.807, 2.05) is 6.07 Å². The summed E-state index contributed by atoms with van der Waals surface area (Å²) in [4.78, 5) is 2.83. The van der Waals surface area contributed by atoms with Gasteiger partial charge in [-0.15, -0.1) is 0 Å². The molecule has 0 spiro atoms. The molecule has 1 aromatic carbocycles. The molecule has 0 fully saturated rings. The van der Waals surface area contributed by atoms with Crippen molar-refractivity contribution in [3.8, 4) is 17.3 Å². The summed E-state index contributed by atoms with van der Waals surface area (Å²) in [5.41, 5.74) is 7.24. The zero-order valence-electron chi connectivity index (χ0n) is 7.79. The topological polar surface area (TPSA) is 65.6 Å². The van der Waals surface area contributed by atoms with Crippen molar-refractivity contribution in [3.63, 3.8) is 0 Å². The predicted molar refractivity (Wildman–Crippen MR) is 55.3 cm³/mol. The van der Waals surface area contributed by atoms with Gasteiger partial charge >= 0.3 is 0 Å². The van der Waals surface area contributed by atoms with Crippen molar-refractivity contribution in [2.75, 3.05) is 5.73 Å². The van der Waals surface area contributed by atoms with Gasteiger partial charge in [-0.3, -0.25) is 0 Å². The summed E-state index contributed by atoms with van der Waals surface area (Å²) in [5, 5.41) is 8.71. The largest absolute Gasteiger partial charge is 0.384 e. The number of halogens is 1. The van der Waals surface area contributed by atoms with E-state index in [9.17, 15) is 4.39 Å². The van der Waals surface area contributed by atoms with E-state index in [0.29, 0.717) is 22.6 Å². The quantitative estimate of drug-likeness (QED) is 0.743. The molecule has 0 saturated carbocycles. The SMILES string of the molecule is N#Cc1cc(-c2cccc(F)c2)[nH]c1N. The third-order valence-electron chi connectivity index (χ3n) is 2.10. The van der Waals surface area contributed by atoms with Crippen LogP contribution in [-0.2, 0) is 0 Å². The van der Waals surface area contributed by atoms with Crippen molar-refractivity contribution in [2.24, 2.45) is 0 Å². The van der Waals surface area contributed by atoms with Crippen molar-refractivity contribution in [1.29, 1.82) is 5.26 Å². The number of nitriles is 1. The van der Waals surface area contributed by atoms with Gasteiger partial charge in [0.15, 0.2) is 0 Å². The van der Waals surface area contributed by atoms with E-state index in [-0.39, 0.29) is 5.82 Å². The Kier molecular flexibility index (Phi) is 2.14. The Morgan fingerprint density at radius 3 is 2.73 bits per heavy atom. The molecule has 0 saturated heterocycles. The fraction of sp³-hybridized carbons (Fsp3) is 0. The first kappa shape index (κ1) is 9.28. The van der Waals surface area contributed by atoms with Crippen LogP contribution in [0.4, 0.5) is 10.2 Å². The zero-order chi connectivity index (χ0) is 10.8. The molecule has 0 unspecified atom stereocenters. The number of benzene rings is 1. The van der Waals surface area contributed by atoms with E-state index in [0.717, 1.165) is 0 Å². The number of rotatable bonds is 1. The molecule has 0 bridgehead atoms. The maximum absolute atomic E-state index is 12.9. The zero-order valence-corrected chi connectivity index (χ0v) is 7.79. The van der Waals surface area contributed by atoms with Gasteiger partial charge in [0.1, 0.15) is 17.7 Å². The number of anilines is 1. The molecule has 2 aromatic rings. The number of H-pyrrole nitrogens is 1. The second-order valence-electron chi connectivity index (χ2n) is 3.13. The van der Waals surface area contributed by atoms with E-state index in [1.54, 1.807) is 18.2 Å². The highest BCUT2D eigenvalue weighted by Gasteiger charge is 2.06. The molecule has 1 heterocycles. The van der Waals surface area contributed by atoms with Crippen LogP contribution in [0.2, 0.25) is 0 Å². The molecule has 4 heteroatoms.